The Morgan fingerprint density at radius 2 is 1.49 bits per heavy atom. The molecule has 0 radical (unpaired) electrons. The molecule has 2 saturated heterocycles. The number of Topliss-reactive ketones (excluding diaryl/α,β-unsaturated/α-hetero) is 1. The molecule has 3 aromatic carbocycles. The number of rotatable bonds is 3. The van der Waals surface area contributed by atoms with E-state index in [1.807, 2.05) is 36.4 Å². The van der Waals surface area contributed by atoms with Crippen molar-refractivity contribution in [1.82, 2.24) is 0 Å². The van der Waals surface area contributed by atoms with Gasteiger partial charge in [-0.05, 0) is 48.7 Å². The van der Waals surface area contributed by atoms with Crippen LogP contribution in [0, 0.1) is 0 Å². The molecule has 3 heterocycles. The molecule has 0 unspecified atom stereocenters. The summed E-state index contributed by atoms with van der Waals surface area (Å²) < 4.78 is 11.5. The van der Waals surface area contributed by atoms with Crippen molar-refractivity contribution in [2.45, 2.75) is 18.3 Å². The molecule has 4 aliphatic rings. The van der Waals surface area contributed by atoms with Gasteiger partial charge in [0.25, 0.3) is 5.78 Å². The zero-order chi connectivity index (χ0) is 25.3. The average molecular weight is 493 g/mol. The molecule has 3 aromatic rings. The van der Waals surface area contributed by atoms with E-state index in [1.54, 1.807) is 18.2 Å². The Hall–Kier alpha value is -4.42. The number of anilines is 2. The number of ether oxygens (including phenoxy) is 2. The van der Waals surface area contributed by atoms with E-state index < -0.39 is 11.4 Å². The van der Waals surface area contributed by atoms with Gasteiger partial charge >= 0.3 is 11.7 Å². The minimum absolute atomic E-state index is 0.0104. The Morgan fingerprint density at radius 1 is 0.892 bits per heavy atom. The van der Waals surface area contributed by atoms with Gasteiger partial charge in [0.05, 0.1) is 12.7 Å². The lowest BCUT2D eigenvalue weighted by Gasteiger charge is -2.39. The molecular formula is C29H24N4O4. The number of esters is 1. The van der Waals surface area contributed by atoms with Gasteiger partial charge < -0.3 is 24.8 Å². The number of methoxy groups -OCH3 is 1. The fourth-order valence-corrected chi connectivity index (χ4v) is 6.00. The second-order valence-corrected chi connectivity index (χ2v) is 9.92. The second kappa shape index (κ2) is 7.79. The fraction of sp³-hybridized carbons (Fsp3) is 0.276. The van der Waals surface area contributed by atoms with Gasteiger partial charge in [0.2, 0.25) is 0 Å². The smallest absolute Gasteiger partial charge is 0.358 e. The van der Waals surface area contributed by atoms with Gasteiger partial charge in [-0.15, -0.1) is 0 Å². The van der Waals surface area contributed by atoms with Gasteiger partial charge in [0, 0.05) is 66.4 Å². The molecule has 8 heteroatoms. The van der Waals surface area contributed by atoms with Crippen LogP contribution < -0.4 is 14.5 Å². The third-order valence-corrected chi connectivity index (χ3v) is 8.16. The summed E-state index contributed by atoms with van der Waals surface area (Å²) in [5, 5.41) is 0. The Labute approximate surface area is 213 Å². The highest BCUT2D eigenvalue weighted by atomic mass is 16.5. The summed E-state index contributed by atoms with van der Waals surface area (Å²) >= 11 is 0. The molecule has 7 rings (SSSR count). The van der Waals surface area contributed by atoms with Crippen LogP contribution in [0.5, 0.6) is 11.5 Å². The molecule has 184 valence electrons. The summed E-state index contributed by atoms with van der Waals surface area (Å²) in [4.78, 5) is 34.3. The lowest BCUT2D eigenvalue weighted by Crippen LogP contribution is -2.41. The second-order valence-electron chi connectivity index (χ2n) is 9.92. The molecule has 0 atom stereocenters. The summed E-state index contributed by atoms with van der Waals surface area (Å²) in [6.45, 7) is 3.92. The molecule has 0 aromatic heterocycles. The van der Waals surface area contributed by atoms with Crippen LogP contribution >= 0.6 is 0 Å². The maximum atomic E-state index is 13.7. The van der Waals surface area contributed by atoms with Crippen molar-refractivity contribution in [1.29, 1.82) is 0 Å². The van der Waals surface area contributed by atoms with Crippen molar-refractivity contribution in [3.8, 4) is 11.5 Å². The number of hydrogen-bond donors (Lipinski definition) is 0. The van der Waals surface area contributed by atoms with Crippen molar-refractivity contribution in [3.63, 3.8) is 0 Å². The molecule has 2 fully saturated rings. The van der Waals surface area contributed by atoms with Crippen LogP contribution in [0.25, 0.3) is 5.53 Å². The summed E-state index contributed by atoms with van der Waals surface area (Å²) in [5.74, 6) is 0.311. The van der Waals surface area contributed by atoms with Gasteiger partial charge in [-0.2, -0.15) is 4.79 Å². The molecule has 1 spiro atoms. The van der Waals surface area contributed by atoms with E-state index in [1.165, 1.54) is 7.11 Å². The molecule has 3 aliphatic heterocycles. The monoisotopic (exact) mass is 492 g/mol. The molecule has 0 amide bonds. The van der Waals surface area contributed by atoms with E-state index in [9.17, 15) is 15.1 Å². The maximum absolute atomic E-state index is 13.7. The number of hydrogen-bond acceptors (Lipinski definition) is 6. The first-order valence-corrected chi connectivity index (χ1v) is 12.5. The van der Waals surface area contributed by atoms with E-state index in [0.29, 0.717) is 39.3 Å². The van der Waals surface area contributed by atoms with Crippen molar-refractivity contribution in [2.75, 3.05) is 43.1 Å². The fourth-order valence-electron chi connectivity index (χ4n) is 6.00. The van der Waals surface area contributed by atoms with Crippen LogP contribution in [0.1, 0.15) is 50.2 Å². The highest BCUT2D eigenvalue weighted by Crippen LogP contribution is 2.57. The molecule has 0 saturated carbocycles. The predicted molar refractivity (Wildman–Crippen MR) is 137 cm³/mol. The van der Waals surface area contributed by atoms with Crippen LogP contribution in [-0.2, 0) is 10.2 Å². The topological polar surface area (TPSA) is 95.5 Å². The first kappa shape index (κ1) is 21.8. The average Bonchev–Trinajstić information content (AvgIpc) is 3.09. The van der Waals surface area contributed by atoms with Gasteiger partial charge in [-0.3, -0.25) is 4.79 Å². The van der Waals surface area contributed by atoms with Gasteiger partial charge in [0.1, 0.15) is 11.5 Å². The van der Waals surface area contributed by atoms with Crippen molar-refractivity contribution >= 4 is 28.8 Å². The number of fused-ring (bicyclic) bond motifs is 6. The number of carbonyl (C=O) groups excluding carboxylic acids is 2. The first-order chi connectivity index (χ1) is 18.1. The van der Waals surface area contributed by atoms with Gasteiger partial charge in [-0.1, -0.05) is 12.1 Å². The molecule has 8 nitrogen and oxygen atoms in total. The molecule has 37 heavy (non-hydrogen) atoms. The largest absolute Gasteiger partial charge is 0.465 e. The molecule has 0 N–H and O–H groups in total. The summed E-state index contributed by atoms with van der Waals surface area (Å²) in [6.07, 6.45) is 2.28. The van der Waals surface area contributed by atoms with E-state index in [4.69, 9.17) is 9.47 Å². The summed E-state index contributed by atoms with van der Waals surface area (Å²) in [7, 11) is 1.32. The molecule has 0 bridgehead atoms. The summed E-state index contributed by atoms with van der Waals surface area (Å²) in [6, 6.07) is 16.8. The van der Waals surface area contributed by atoms with Gasteiger partial charge in [0.15, 0.2) is 5.41 Å². The zero-order valence-electron chi connectivity index (χ0n) is 20.4. The SMILES string of the molecule is COC(=O)c1ccc2c(c1)C1(C(=[N+]=[N-])C2=O)c2ccc(N3CCC3)cc2Oc2cc(N3CCC3)ccc21. The Kier molecular flexibility index (Phi) is 4.59. The lowest BCUT2D eigenvalue weighted by atomic mass is 9.67. The van der Waals surface area contributed by atoms with Crippen molar-refractivity contribution in [2.24, 2.45) is 0 Å². The summed E-state index contributed by atoms with van der Waals surface area (Å²) in [5.41, 5.74) is 13.8. The van der Waals surface area contributed by atoms with Crippen LogP contribution in [0.2, 0.25) is 0 Å². The minimum atomic E-state index is -1.24. The highest BCUT2D eigenvalue weighted by Gasteiger charge is 2.62. The van der Waals surface area contributed by atoms with Crippen LogP contribution in [-0.4, -0.2) is 55.5 Å². The first-order valence-electron chi connectivity index (χ1n) is 12.5. The number of nitrogens with zero attached hydrogens (tertiary/aromatic N) is 4. The van der Waals surface area contributed by atoms with Crippen LogP contribution in [0.15, 0.2) is 54.6 Å². The maximum Gasteiger partial charge on any atom is 0.358 e. The van der Waals surface area contributed by atoms with E-state index >= 15 is 0 Å². The standard InChI is InChI=1S/C29H24N4O4/c1-36-28(35)17-4-7-20-23(14-17)29(27(31-30)26(20)34)21-8-5-18(32-10-2-11-32)15-24(21)37-25-16-19(6-9-22(25)29)33-12-3-13-33/h4-9,14-16H,2-3,10-13H2,1H3. The zero-order valence-corrected chi connectivity index (χ0v) is 20.4. The van der Waals surface area contributed by atoms with Gasteiger partial charge in [-0.25, -0.2) is 4.79 Å². The normalized spacial score (nSPS) is 18.2. The third kappa shape index (κ3) is 2.84. The van der Waals surface area contributed by atoms with Crippen molar-refractivity contribution < 1.29 is 23.9 Å². The lowest BCUT2D eigenvalue weighted by molar-refractivity contribution is -0.0118. The third-order valence-electron chi connectivity index (χ3n) is 8.16. The number of benzene rings is 3. The quantitative estimate of drug-likeness (QED) is 0.309. The Bertz CT molecular complexity index is 1500. The van der Waals surface area contributed by atoms with E-state index in [2.05, 4.69) is 14.6 Å². The Morgan fingerprint density at radius 3 is 1.97 bits per heavy atom. The Balaban J connectivity index is 1.54. The van der Waals surface area contributed by atoms with Crippen molar-refractivity contribution in [3.05, 3.63) is 87.9 Å². The van der Waals surface area contributed by atoms with Crippen LogP contribution in [0.3, 0.4) is 0 Å². The van der Waals surface area contributed by atoms with E-state index in [-0.39, 0.29) is 11.5 Å². The molecule has 1 aliphatic carbocycles. The van der Waals surface area contributed by atoms with Crippen LogP contribution in [0.4, 0.5) is 11.4 Å². The molecular weight excluding hydrogens is 468 g/mol. The number of carbonyl (C=O) groups is 2. The number of ketones is 1. The highest BCUT2D eigenvalue weighted by molar-refractivity contribution is 6.52. The van der Waals surface area contributed by atoms with E-state index in [0.717, 1.165) is 50.4 Å². The predicted octanol–water partition coefficient (Wildman–Crippen LogP) is 4.20. The minimum Gasteiger partial charge on any atom is -0.465 e.